The summed E-state index contributed by atoms with van der Waals surface area (Å²) in [5.74, 6) is 0.993. The number of hydrogen-bond acceptors (Lipinski definition) is 2. The summed E-state index contributed by atoms with van der Waals surface area (Å²) in [7, 11) is 0. The zero-order chi connectivity index (χ0) is 10.1. The van der Waals surface area contributed by atoms with Gasteiger partial charge in [-0.05, 0) is 57.5 Å². The van der Waals surface area contributed by atoms with Crippen LogP contribution in [-0.2, 0) is 0 Å². The lowest BCUT2D eigenvalue weighted by Gasteiger charge is -2.40. The first kappa shape index (κ1) is 10.1. The number of hydrogen-bond donors (Lipinski definition) is 1. The fraction of sp³-hybridized carbons (Fsp3) is 1.00. The highest BCUT2D eigenvalue weighted by Gasteiger charge is 2.37. The number of nitrogens with zero attached hydrogens (tertiary/aromatic N) is 1. The van der Waals surface area contributed by atoms with Crippen molar-refractivity contribution in [3.8, 4) is 0 Å². The molecule has 0 aromatic rings. The first-order valence-corrected chi connectivity index (χ1v) is 6.90. The Hall–Kier alpha value is -0.0800. The molecule has 1 heterocycles. The Morgan fingerprint density at radius 1 is 0.867 bits per heavy atom. The molecule has 1 aliphatic heterocycles. The molecule has 0 atom stereocenters. The summed E-state index contributed by atoms with van der Waals surface area (Å²) in [5, 5.41) is 3.47. The lowest BCUT2D eigenvalue weighted by molar-refractivity contribution is 0.0912. The minimum Gasteiger partial charge on any atom is -0.317 e. The average molecular weight is 208 g/mol. The molecule has 3 rings (SSSR count). The van der Waals surface area contributed by atoms with E-state index in [4.69, 9.17) is 0 Å². The van der Waals surface area contributed by atoms with Gasteiger partial charge in [-0.2, -0.15) is 0 Å². The molecule has 0 bridgehead atoms. The van der Waals surface area contributed by atoms with Crippen molar-refractivity contribution in [2.75, 3.05) is 19.6 Å². The molecule has 2 saturated carbocycles. The van der Waals surface area contributed by atoms with Crippen molar-refractivity contribution in [2.24, 2.45) is 5.92 Å². The molecule has 0 aromatic carbocycles. The van der Waals surface area contributed by atoms with Gasteiger partial charge in [0, 0.05) is 18.6 Å². The van der Waals surface area contributed by atoms with Crippen LogP contribution in [0.15, 0.2) is 0 Å². The fourth-order valence-electron chi connectivity index (χ4n) is 3.08. The molecule has 0 amide bonds. The second-order valence-electron chi connectivity index (χ2n) is 5.71. The maximum Gasteiger partial charge on any atom is 0.00994 e. The summed E-state index contributed by atoms with van der Waals surface area (Å²) < 4.78 is 0. The van der Waals surface area contributed by atoms with E-state index >= 15 is 0 Å². The molecule has 15 heavy (non-hydrogen) atoms. The van der Waals surface area contributed by atoms with E-state index < -0.39 is 0 Å². The maximum atomic E-state index is 3.47. The van der Waals surface area contributed by atoms with Gasteiger partial charge in [0.15, 0.2) is 0 Å². The summed E-state index contributed by atoms with van der Waals surface area (Å²) in [6.45, 7) is 3.93. The van der Waals surface area contributed by atoms with Gasteiger partial charge in [0.05, 0.1) is 0 Å². The van der Waals surface area contributed by atoms with Crippen LogP contribution in [0.1, 0.15) is 44.9 Å². The quantitative estimate of drug-likeness (QED) is 0.760. The van der Waals surface area contributed by atoms with Crippen LogP contribution in [0.5, 0.6) is 0 Å². The minimum atomic E-state index is 0.979. The van der Waals surface area contributed by atoms with E-state index in [-0.39, 0.29) is 0 Å². The van der Waals surface area contributed by atoms with Crippen LogP contribution in [-0.4, -0.2) is 36.6 Å². The monoisotopic (exact) mass is 208 g/mol. The molecule has 1 saturated heterocycles. The Morgan fingerprint density at radius 3 is 2.07 bits per heavy atom. The van der Waals surface area contributed by atoms with Gasteiger partial charge in [-0.3, -0.25) is 4.90 Å². The molecular formula is C13H24N2. The molecule has 0 unspecified atom stereocenters. The highest BCUT2D eigenvalue weighted by molar-refractivity contribution is 4.93. The molecule has 1 N–H and O–H groups in total. The van der Waals surface area contributed by atoms with E-state index in [2.05, 4.69) is 10.2 Å². The van der Waals surface area contributed by atoms with Gasteiger partial charge in [-0.1, -0.05) is 6.42 Å². The van der Waals surface area contributed by atoms with E-state index in [0.29, 0.717) is 0 Å². The van der Waals surface area contributed by atoms with Crippen molar-refractivity contribution in [3.63, 3.8) is 0 Å². The van der Waals surface area contributed by atoms with E-state index in [1.807, 2.05) is 0 Å². The van der Waals surface area contributed by atoms with Crippen LogP contribution in [0.3, 0.4) is 0 Å². The van der Waals surface area contributed by atoms with Crippen LogP contribution in [0, 0.1) is 5.92 Å². The summed E-state index contributed by atoms with van der Waals surface area (Å²) >= 11 is 0. The summed E-state index contributed by atoms with van der Waals surface area (Å²) in [6.07, 6.45) is 10.3. The van der Waals surface area contributed by atoms with Gasteiger partial charge in [0.2, 0.25) is 0 Å². The van der Waals surface area contributed by atoms with Gasteiger partial charge in [-0.25, -0.2) is 0 Å². The molecule has 86 valence electrons. The maximum absolute atomic E-state index is 3.47. The Morgan fingerprint density at radius 2 is 1.53 bits per heavy atom. The van der Waals surface area contributed by atoms with Crippen LogP contribution in [0.4, 0.5) is 0 Å². The number of rotatable bonds is 4. The molecule has 0 aromatic heterocycles. The first-order chi connectivity index (χ1) is 7.43. The third-order valence-corrected chi connectivity index (χ3v) is 4.49. The van der Waals surface area contributed by atoms with Gasteiger partial charge in [0.1, 0.15) is 0 Å². The van der Waals surface area contributed by atoms with Crippen molar-refractivity contribution in [3.05, 3.63) is 0 Å². The lowest BCUT2D eigenvalue weighted by Crippen LogP contribution is -2.45. The average Bonchev–Trinajstić information content (AvgIpc) is 2.99. The molecule has 0 radical (unpaired) electrons. The van der Waals surface area contributed by atoms with E-state index in [9.17, 15) is 0 Å². The summed E-state index contributed by atoms with van der Waals surface area (Å²) in [6, 6.07) is 1.97. The Labute approximate surface area is 93.4 Å². The number of piperidine rings is 1. The smallest absolute Gasteiger partial charge is 0.00994 e. The van der Waals surface area contributed by atoms with Gasteiger partial charge < -0.3 is 5.32 Å². The number of nitrogens with one attached hydrogen (secondary N) is 1. The van der Waals surface area contributed by atoms with E-state index in [0.717, 1.165) is 18.0 Å². The largest absolute Gasteiger partial charge is 0.317 e. The van der Waals surface area contributed by atoms with Crippen LogP contribution >= 0.6 is 0 Å². The third-order valence-electron chi connectivity index (χ3n) is 4.49. The molecule has 2 nitrogen and oxygen atoms in total. The molecule has 3 fully saturated rings. The highest BCUT2D eigenvalue weighted by atomic mass is 15.2. The second kappa shape index (κ2) is 4.42. The Bertz CT molecular complexity index is 203. The standard InChI is InChI=1S/C13H24N2/c1-2-12(3-1)15(13-4-5-13)10-11-6-8-14-9-7-11/h11-14H,1-10H2. The van der Waals surface area contributed by atoms with Crippen molar-refractivity contribution in [2.45, 2.75) is 57.0 Å². The first-order valence-electron chi connectivity index (χ1n) is 6.90. The topological polar surface area (TPSA) is 15.3 Å². The summed E-state index contributed by atoms with van der Waals surface area (Å²) in [5.41, 5.74) is 0. The molecular weight excluding hydrogens is 184 g/mol. The van der Waals surface area contributed by atoms with Crippen molar-refractivity contribution >= 4 is 0 Å². The van der Waals surface area contributed by atoms with Crippen LogP contribution < -0.4 is 5.32 Å². The van der Waals surface area contributed by atoms with Crippen molar-refractivity contribution < 1.29 is 0 Å². The minimum absolute atomic E-state index is 0.979. The summed E-state index contributed by atoms with van der Waals surface area (Å²) in [4.78, 5) is 2.87. The molecule has 3 aliphatic rings. The van der Waals surface area contributed by atoms with Crippen molar-refractivity contribution in [1.29, 1.82) is 0 Å². The third kappa shape index (κ3) is 2.36. The zero-order valence-corrected chi connectivity index (χ0v) is 9.75. The second-order valence-corrected chi connectivity index (χ2v) is 5.71. The van der Waals surface area contributed by atoms with E-state index in [1.54, 1.807) is 0 Å². The Kier molecular flexibility index (Phi) is 2.98. The highest BCUT2D eigenvalue weighted by Crippen LogP contribution is 2.36. The predicted molar refractivity (Wildman–Crippen MR) is 63.0 cm³/mol. The predicted octanol–water partition coefficient (Wildman–Crippen LogP) is 2.00. The van der Waals surface area contributed by atoms with Crippen molar-refractivity contribution in [1.82, 2.24) is 10.2 Å². The van der Waals surface area contributed by atoms with Gasteiger partial charge >= 0.3 is 0 Å². The molecule has 0 spiro atoms. The normalized spacial score (nSPS) is 29.4. The zero-order valence-electron chi connectivity index (χ0n) is 9.75. The Balaban J connectivity index is 1.52. The molecule has 2 heteroatoms. The lowest BCUT2D eigenvalue weighted by atomic mass is 9.89. The molecule has 2 aliphatic carbocycles. The van der Waals surface area contributed by atoms with Gasteiger partial charge in [0.25, 0.3) is 0 Å². The van der Waals surface area contributed by atoms with Gasteiger partial charge in [-0.15, -0.1) is 0 Å². The van der Waals surface area contributed by atoms with Crippen LogP contribution in [0.25, 0.3) is 0 Å². The SMILES string of the molecule is C1CC(N(CC2CCNCC2)C2CC2)C1. The fourth-order valence-corrected chi connectivity index (χ4v) is 3.08. The van der Waals surface area contributed by atoms with Crippen LogP contribution in [0.2, 0.25) is 0 Å². The van der Waals surface area contributed by atoms with E-state index in [1.165, 1.54) is 64.6 Å².